The predicted molar refractivity (Wildman–Crippen MR) is 82.9 cm³/mol. The Balaban J connectivity index is 2.56. The van der Waals surface area contributed by atoms with Gasteiger partial charge < -0.3 is 5.32 Å². The summed E-state index contributed by atoms with van der Waals surface area (Å²) in [7, 11) is 2.05. The van der Waals surface area contributed by atoms with Crippen molar-refractivity contribution in [1.82, 2.24) is 5.32 Å². The van der Waals surface area contributed by atoms with Crippen LogP contribution < -0.4 is 5.32 Å². The number of halogens is 1. The summed E-state index contributed by atoms with van der Waals surface area (Å²) in [5.74, 6) is 1.14. The van der Waals surface area contributed by atoms with Crippen LogP contribution in [0.4, 0.5) is 0 Å². The lowest BCUT2D eigenvalue weighted by atomic mass is 10.1. The van der Waals surface area contributed by atoms with Crippen LogP contribution in [0.2, 0.25) is 0 Å². The van der Waals surface area contributed by atoms with Gasteiger partial charge in [0.2, 0.25) is 0 Å². The number of hydrogen-bond acceptors (Lipinski definition) is 2. The van der Waals surface area contributed by atoms with Crippen molar-refractivity contribution >= 4 is 27.7 Å². The van der Waals surface area contributed by atoms with Crippen molar-refractivity contribution < 1.29 is 0 Å². The monoisotopic (exact) mass is 315 g/mol. The Bertz CT molecular complexity index is 346. The van der Waals surface area contributed by atoms with E-state index in [4.69, 9.17) is 0 Å². The van der Waals surface area contributed by atoms with E-state index in [1.807, 2.05) is 18.8 Å². The van der Waals surface area contributed by atoms with Gasteiger partial charge in [0.15, 0.2) is 0 Å². The summed E-state index contributed by atoms with van der Waals surface area (Å²) in [5.41, 5.74) is 1.38. The Kier molecular flexibility index (Phi) is 6.04. The molecule has 17 heavy (non-hydrogen) atoms. The quantitative estimate of drug-likeness (QED) is 0.877. The second kappa shape index (κ2) is 6.81. The van der Waals surface area contributed by atoms with Crippen LogP contribution in [0.15, 0.2) is 28.7 Å². The molecule has 0 aliphatic carbocycles. The van der Waals surface area contributed by atoms with Gasteiger partial charge in [-0.15, -0.1) is 0 Å². The molecule has 0 aliphatic rings. The van der Waals surface area contributed by atoms with E-state index in [9.17, 15) is 0 Å². The van der Waals surface area contributed by atoms with Gasteiger partial charge in [-0.05, 0) is 25.1 Å². The molecule has 1 aromatic rings. The normalized spacial score (nSPS) is 13.7. The maximum absolute atomic E-state index is 3.61. The summed E-state index contributed by atoms with van der Waals surface area (Å²) >= 11 is 5.62. The van der Waals surface area contributed by atoms with E-state index in [0.29, 0.717) is 10.8 Å². The molecule has 0 spiro atoms. The molecule has 0 amide bonds. The fourth-order valence-corrected chi connectivity index (χ4v) is 2.96. The molecule has 3 heteroatoms. The van der Waals surface area contributed by atoms with E-state index < -0.39 is 0 Å². The Morgan fingerprint density at radius 2 is 1.94 bits per heavy atom. The number of thioether (sulfide) groups is 1. The third-order valence-electron chi connectivity index (χ3n) is 2.55. The zero-order valence-corrected chi connectivity index (χ0v) is 13.5. The molecule has 0 radical (unpaired) electrons. The van der Waals surface area contributed by atoms with Crippen molar-refractivity contribution in [2.45, 2.75) is 38.0 Å². The highest BCUT2D eigenvalue weighted by atomic mass is 79.9. The number of likely N-dealkylation sites (N-methyl/N-ethyl adjacent to an activating group) is 1. The zero-order valence-electron chi connectivity index (χ0n) is 11.1. The summed E-state index contributed by atoms with van der Waals surface area (Å²) in [4.78, 5) is 0. The number of benzene rings is 1. The van der Waals surface area contributed by atoms with Crippen molar-refractivity contribution in [3.05, 3.63) is 34.3 Å². The largest absolute Gasteiger partial charge is 0.316 e. The third kappa shape index (κ3) is 5.94. The highest BCUT2D eigenvalue weighted by Crippen LogP contribution is 2.25. The SMILES string of the molecule is CNC(CSC(C)(C)C)Cc1ccccc1Br. The maximum atomic E-state index is 3.61. The average molecular weight is 316 g/mol. The molecule has 1 aromatic carbocycles. The molecule has 1 N–H and O–H groups in total. The highest BCUT2D eigenvalue weighted by Gasteiger charge is 2.15. The minimum Gasteiger partial charge on any atom is -0.316 e. The van der Waals surface area contributed by atoms with Crippen LogP contribution in [-0.4, -0.2) is 23.6 Å². The summed E-state index contributed by atoms with van der Waals surface area (Å²) in [6, 6.07) is 8.99. The summed E-state index contributed by atoms with van der Waals surface area (Å²) in [6.07, 6.45) is 1.07. The van der Waals surface area contributed by atoms with Gasteiger partial charge in [0.25, 0.3) is 0 Å². The molecule has 1 atom stereocenters. The lowest BCUT2D eigenvalue weighted by Crippen LogP contribution is -2.31. The first kappa shape index (κ1) is 15.1. The van der Waals surface area contributed by atoms with Crippen molar-refractivity contribution in [3.63, 3.8) is 0 Å². The van der Waals surface area contributed by atoms with Crippen molar-refractivity contribution in [2.75, 3.05) is 12.8 Å². The van der Waals surface area contributed by atoms with Crippen LogP contribution in [-0.2, 0) is 6.42 Å². The maximum Gasteiger partial charge on any atom is 0.0207 e. The van der Waals surface area contributed by atoms with E-state index >= 15 is 0 Å². The van der Waals surface area contributed by atoms with E-state index in [1.165, 1.54) is 10.0 Å². The van der Waals surface area contributed by atoms with Crippen molar-refractivity contribution in [2.24, 2.45) is 0 Å². The Labute approximate surface area is 118 Å². The molecule has 96 valence electrons. The third-order valence-corrected chi connectivity index (χ3v) is 4.76. The van der Waals surface area contributed by atoms with Crippen LogP contribution >= 0.6 is 27.7 Å². The van der Waals surface area contributed by atoms with Gasteiger partial charge in [0, 0.05) is 21.0 Å². The van der Waals surface area contributed by atoms with Gasteiger partial charge >= 0.3 is 0 Å². The molecule has 0 aromatic heterocycles. The molecule has 0 bridgehead atoms. The molecule has 0 aliphatic heterocycles. The Hall–Kier alpha value is 0.01000. The molecule has 1 rings (SSSR count). The predicted octanol–water partition coefficient (Wildman–Crippen LogP) is 4.11. The van der Waals surface area contributed by atoms with Crippen LogP contribution in [0, 0.1) is 0 Å². The van der Waals surface area contributed by atoms with Gasteiger partial charge in [-0.25, -0.2) is 0 Å². The van der Waals surface area contributed by atoms with Crippen LogP contribution in [0.5, 0.6) is 0 Å². The van der Waals surface area contributed by atoms with Gasteiger partial charge in [0.1, 0.15) is 0 Å². The molecule has 1 unspecified atom stereocenters. The van der Waals surface area contributed by atoms with E-state index in [-0.39, 0.29) is 0 Å². The number of nitrogens with one attached hydrogen (secondary N) is 1. The van der Waals surface area contributed by atoms with Crippen molar-refractivity contribution in [3.8, 4) is 0 Å². The first-order valence-electron chi connectivity index (χ1n) is 5.97. The summed E-state index contributed by atoms with van der Waals surface area (Å²) in [5, 5.41) is 3.41. The summed E-state index contributed by atoms with van der Waals surface area (Å²) in [6.45, 7) is 6.80. The Morgan fingerprint density at radius 1 is 1.29 bits per heavy atom. The molecule has 0 saturated heterocycles. The van der Waals surface area contributed by atoms with Crippen LogP contribution in [0.1, 0.15) is 26.3 Å². The lowest BCUT2D eigenvalue weighted by Gasteiger charge is -2.23. The van der Waals surface area contributed by atoms with E-state index in [2.05, 4.69) is 66.3 Å². The fraction of sp³-hybridized carbons (Fsp3) is 0.571. The molecule has 1 nitrogen and oxygen atoms in total. The molecular weight excluding hydrogens is 294 g/mol. The molecule has 0 fully saturated rings. The fourth-order valence-electron chi connectivity index (χ4n) is 1.52. The molecule has 0 saturated carbocycles. The van der Waals surface area contributed by atoms with Crippen molar-refractivity contribution in [1.29, 1.82) is 0 Å². The first-order valence-corrected chi connectivity index (χ1v) is 7.75. The van der Waals surface area contributed by atoms with E-state index in [0.717, 1.165) is 12.2 Å². The zero-order chi connectivity index (χ0) is 12.9. The standard InChI is InChI=1S/C14H22BrNS/c1-14(2,3)17-10-12(16-4)9-11-7-5-6-8-13(11)15/h5-8,12,16H,9-10H2,1-4H3. The first-order chi connectivity index (χ1) is 7.92. The minimum absolute atomic E-state index is 0.336. The van der Waals surface area contributed by atoms with Gasteiger partial charge in [0.05, 0.1) is 0 Å². The number of rotatable bonds is 5. The molecular formula is C14H22BrNS. The average Bonchev–Trinajstić information content (AvgIpc) is 2.25. The van der Waals surface area contributed by atoms with Gasteiger partial charge in [-0.3, -0.25) is 0 Å². The second-order valence-corrected chi connectivity index (χ2v) is 7.91. The lowest BCUT2D eigenvalue weighted by molar-refractivity contribution is 0.612. The Morgan fingerprint density at radius 3 is 2.47 bits per heavy atom. The second-order valence-electron chi connectivity index (χ2n) is 5.20. The number of hydrogen-bond donors (Lipinski definition) is 1. The van der Waals surface area contributed by atoms with Gasteiger partial charge in [-0.1, -0.05) is 54.9 Å². The van der Waals surface area contributed by atoms with Crippen LogP contribution in [0.25, 0.3) is 0 Å². The smallest absolute Gasteiger partial charge is 0.0207 e. The molecule has 0 heterocycles. The highest BCUT2D eigenvalue weighted by molar-refractivity contribution is 9.10. The minimum atomic E-state index is 0.336. The summed E-state index contributed by atoms with van der Waals surface area (Å²) < 4.78 is 1.55. The van der Waals surface area contributed by atoms with E-state index in [1.54, 1.807) is 0 Å². The topological polar surface area (TPSA) is 12.0 Å². The van der Waals surface area contributed by atoms with Gasteiger partial charge in [-0.2, -0.15) is 11.8 Å². The van der Waals surface area contributed by atoms with Crippen LogP contribution in [0.3, 0.4) is 0 Å².